The van der Waals surface area contributed by atoms with Gasteiger partial charge in [-0.1, -0.05) is 50.7 Å². The average molecular weight is 401 g/mol. The molecule has 0 amide bonds. The number of alkyl halides is 3. The summed E-state index contributed by atoms with van der Waals surface area (Å²) >= 11 is 0. The average Bonchev–Trinajstić information content (AvgIpc) is 2.68. The van der Waals surface area contributed by atoms with E-state index in [1.807, 2.05) is 0 Å². The fraction of sp³-hybridized carbons (Fsp3) is 0.478. The Morgan fingerprint density at radius 3 is 1.97 bits per heavy atom. The molecule has 1 aromatic heterocycles. The Morgan fingerprint density at radius 2 is 1.41 bits per heavy atom. The smallest absolute Gasteiger partial charge is 0.383 e. The second-order valence-corrected chi connectivity index (χ2v) is 7.69. The van der Waals surface area contributed by atoms with E-state index in [1.54, 1.807) is 0 Å². The fourth-order valence-electron chi connectivity index (χ4n) is 4.08. The van der Waals surface area contributed by atoms with Gasteiger partial charge in [0.2, 0.25) is 0 Å². The van der Waals surface area contributed by atoms with Gasteiger partial charge in [0.15, 0.2) is 0 Å². The molecule has 3 nitrogen and oxygen atoms in total. The molecular formula is C23H26F3N3. The number of pyridine rings is 1. The molecule has 2 N–H and O–H groups in total. The Morgan fingerprint density at radius 1 is 0.862 bits per heavy atom. The zero-order valence-electron chi connectivity index (χ0n) is 16.5. The Labute approximate surface area is 169 Å². The SMILES string of the molecule is N#Cc1c(N)nc2c(c1-c1ccc(C(F)(F)F)cc1)CCCCCCCCCC2. The normalized spacial score (nSPS) is 16.2. The largest absolute Gasteiger partial charge is 0.416 e. The Kier molecular flexibility index (Phi) is 6.79. The number of hydrogen-bond acceptors (Lipinski definition) is 3. The molecule has 1 aromatic carbocycles. The van der Waals surface area contributed by atoms with E-state index >= 15 is 0 Å². The molecule has 0 bridgehead atoms. The quantitative estimate of drug-likeness (QED) is 0.598. The zero-order valence-corrected chi connectivity index (χ0v) is 16.5. The molecule has 2 aromatic rings. The molecule has 0 fully saturated rings. The van der Waals surface area contributed by atoms with Crippen LogP contribution in [0.1, 0.15) is 73.8 Å². The fourth-order valence-corrected chi connectivity index (χ4v) is 4.08. The Bertz CT molecular complexity index is 880. The second kappa shape index (κ2) is 9.30. The van der Waals surface area contributed by atoms with Gasteiger partial charge in [0, 0.05) is 11.3 Å². The number of halogens is 3. The van der Waals surface area contributed by atoms with Crippen molar-refractivity contribution in [2.45, 2.75) is 70.4 Å². The number of aromatic nitrogens is 1. The molecule has 0 aliphatic heterocycles. The van der Waals surface area contributed by atoms with Crippen LogP contribution in [0.2, 0.25) is 0 Å². The van der Waals surface area contributed by atoms with Crippen LogP contribution < -0.4 is 5.73 Å². The highest BCUT2D eigenvalue weighted by Crippen LogP contribution is 2.36. The van der Waals surface area contributed by atoms with Crippen molar-refractivity contribution in [3.63, 3.8) is 0 Å². The van der Waals surface area contributed by atoms with Gasteiger partial charge in [0.05, 0.1) is 5.56 Å². The third-order valence-corrected chi connectivity index (χ3v) is 5.61. The molecule has 1 aliphatic rings. The first-order valence-corrected chi connectivity index (χ1v) is 10.3. The van der Waals surface area contributed by atoms with Crippen LogP contribution in [0.4, 0.5) is 19.0 Å². The number of fused-ring (bicyclic) bond motifs is 1. The molecule has 0 radical (unpaired) electrons. The van der Waals surface area contributed by atoms with E-state index < -0.39 is 11.7 Å². The summed E-state index contributed by atoms with van der Waals surface area (Å²) in [5.74, 6) is 0.160. The molecule has 154 valence electrons. The van der Waals surface area contributed by atoms with Crippen molar-refractivity contribution >= 4 is 5.82 Å². The number of nitrogens with zero attached hydrogens (tertiary/aromatic N) is 2. The van der Waals surface area contributed by atoms with E-state index in [0.29, 0.717) is 11.1 Å². The topological polar surface area (TPSA) is 62.7 Å². The highest BCUT2D eigenvalue weighted by atomic mass is 19.4. The second-order valence-electron chi connectivity index (χ2n) is 7.69. The number of benzene rings is 1. The minimum absolute atomic E-state index is 0.160. The lowest BCUT2D eigenvalue weighted by atomic mass is 9.88. The van der Waals surface area contributed by atoms with Crippen molar-refractivity contribution in [1.29, 1.82) is 5.26 Å². The van der Waals surface area contributed by atoms with Crippen molar-refractivity contribution in [1.82, 2.24) is 4.98 Å². The lowest BCUT2D eigenvalue weighted by molar-refractivity contribution is -0.137. The summed E-state index contributed by atoms with van der Waals surface area (Å²) in [5.41, 5.74) is 8.75. The summed E-state index contributed by atoms with van der Waals surface area (Å²) in [4.78, 5) is 4.53. The molecular weight excluding hydrogens is 375 g/mol. The van der Waals surface area contributed by atoms with Gasteiger partial charge in [-0.25, -0.2) is 4.98 Å². The first kappa shape index (κ1) is 21.2. The van der Waals surface area contributed by atoms with Crippen molar-refractivity contribution < 1.29 is 13.2 Å². The number of anilines is 1. The van der Waals surface area contributed by atoms with Gasteiger partial charge in [-0.3, -0.25) is 0 Å². The number of hydrogen-bond donors (Lipinski definition) is 1. The van der Waals surface area contributed by atoms with E-state index in [-0.39, 0.29) is 11.4 Å². The summed E-state index contributed by atoms with van der Waals surface area (Å²) < 4.78 is 38.9. The van der Waals surface area contributed by atoms with Gasteiger partial charge >= 0.3 is 6.18 Å². The number of aryl methyl sites for hydroxylation is 1. The molecule has 0 unspecified atom stereocenters. The van der Waals surface area contributed by atoms with E-state index in [4.69, 9.17) is 5.73 Å². The third kappa shape index (κ3) is 5.09. The molecule has 0 saturated carbocycles. The summed E-state index contributed by atoms with van der Waals surface area (Å²) in [6.07, 6.45) is 6.20. The molecule has 0 spiro atoms. The summed E-state index contributed by atoms with van der Waals surface area (Å²) in [6, 6.07) is 7.14. The van der Waals surface area contributed by atoms with Gasteiger partial charge in [-0.15, -0.1) is 0 Å². The predicted octanol–water partition coefficient (Wildman–Crippen LogP) is 6.44. The van der Waals surface area contributed by atoms with Gasteiger partial charge in [-0.2, -0.15) is 18.4 Å². The first-order chi connectivity index (χ1) is 13.9. The van der Waals surface area contributed by atoms with Gasteiger partial charge in [-0.05, 0) is 48.9 Å². The van der Waals surface area contributed by atoms with Crippen molar-refractivity contribution in [3.05, 3.63) is 46.6 Å². The van der Waals surface area contributed by atoms with Crippen LogP contribution in [0.3, 0.4) is 0 Å². The van der Waals surface area contributed by atoms with E-state index in [1.165, 1.54) is 37.8 Å². The van der Waals surface area contributed by atoms with Crippen LogP contribution in [0.25, 0.3) is 11.1 Å². The Balaban J connectivity index is 2.09. The zero-order chi connectivity index (χ0) is 20.9. The van der Waals surface area contributed by atoms with E-state index in [2.05, 4.69) is 11.1 Å². The molecule has 0 atom stereocenters. The standard InChI is InChI=1S/C23H26F3N3/c24-23(25,26)17-13-11-16(12-14-17)21-18-9-7-5-3-1-2-4-6-8-10-20(18)29-22(28)19(21)15-27/h11-14H,1-10H2,(H2,28,29). The summed E-state index contributed by atoms with van der Waals surface area (Å²) in [6.45, 7) is 0. The summed E-state index contributed by atoms with van der Waals surface area (Å²) in [5, 5.41) is 9.70. The van der Waals surface area contributed by atoms with Crippen LogP contribution in [-0.2, 0) is 19.0 Å². The molecule has 1 aliphatic carbocycles. The van der Waals surface area contributed by atoms with Gasteiger partial charge in [0.25, 0.3) is 0 Å². The van der Waals surface area contributed by atoms with Crippen molar-refractivity contribution in [2.24, 2.45) is 0 Å². The lowest BCUT2D eigenvalue weighted by Crippen LogP contribution is -2.09. The molecule has 6 heteroatoms. The van der Waals surface area contributed by atoms with Crippen LogP contribution in [0, 0.1) is 11.3 Å². The molecule has 29 heavy (non-hydrogen) atoms. The number of nitrogen functional groups attached to an aromatic ring is 1. The first-order valence-electron chi connectivity index (χ1n) is 10.3. The highest BCUT2D eigenvalue weighted by Gasteiger charge is 2.30. The van der Waals surface area contributed by atoms with Gasteiger partial charge in [0.1, 0.15) is 17.5 Å². The molecule has 1 heterocycles. The number of rotatable bonds is 1. The summed E-state index contributed by atoms with van der Waals surface area (Å²) in [7, 11) is 0. The number of nitriles is 1. The molecule has 0 saturated heterocycles. The maximum atomic E-state index is 13.0. The minimum Gasteiger partial charge on any atom is -0.383 e. The Hall–Kier alpha value is -2.55. The van der Waals surface area contributed by atoms with Crippen LogP contribution in [0.5, 0.6) is 0 Å². The van der Waals surface area contributed by atoms with E-state index in [0.717, 1.165) is 61.9 Å². The maximum absolute atomic E-state index is 13.0. The third-order valence-electron chi connectivity index (χ3n) is 5.61. The van der Waals surface area contributed by atoms with Crippen LogP contribution in [-0.4, -0.2) is 4.98 Å². The van der Waals surface area contributed by atoms with Crippen LogP contribution in [0.15, 0.2) is 24.3 Å². The van der Waals surface area contributed by atoms with Gasteiger partial charge < -0.3 is 5.73 Å². The van der Waals surface area contributed by atoms with Crippen molar-refractivity contribution in [3.8, 4) is 17.2 Å². The maximum Gasteiger partial charge on any atom is 0.416 e. The lowest BCUT2D eigenvalue weighted by Gasteiger charge is -2.19. The van der Waals surface area contributed by atoms with Crippen molar-refractivity contribution in [2.75, 3.05) is 5.73 Å². The molecule has 3 rings (SSSR count). The highest BCUT2D eigenvalue weighted by molar-refractivity contribution is 5.79. The monoisotopic (exact) mass is 401 g/mol. The predicted molar refractivity (Wildman–Crippen MR) is 108 cm³/mol. The minimum atomic E-state index is -4.39. The number of nitrogens with two attached hydrogens (primary N) is 1. The van der Waals surface area contributed by atoms with Crippen LogP contribution >= 0.6 is 0 Å². The van der Waals surface area contributed by atoms with E-state index in [9.17, 15) is 18.4 Å².